The van der Waals surface area contributed by atoms with Gasteiger partial charge in [-0.25, -0.2) is 4.98 Å². The van der Waals surface area contributed by atoms with Gasteiger partial charge >= 0.3 is 0 Å². The maximum atomic E-state index is 6.29. The average Bonchev–Trinajstić information content (AvgIpc) is 3.56. The van der Waals surface area contributed by atoms with Gasteiger partial charge in [0.05, 0.1) is 23.0 Å². The van der Waals surface area contributed by atoms with Crippen molar-refractivity contribution in [2.45, 2.75) is 19.4 Å². The van der Waals surface area contributed by atoms with E-state index in [0.717, 1.165) is 59.9 Å². The Hall–Kier alpha value is -6.26. The molecule has 0 spiro atoms. The Morgan fingerprint density at radius 1 is 0.580 bits per heavy atom. The van der Waals surface area contributed by atoms with Crippen molar-refractivity contribution < 1.29 is 9.30 Å². The van der Waals surface area contributed by atoms with E-state index in [1.165, 1.54) is 54.7 Å². The van der Waals surface area contributed by atoms with Gasteiger partial charge in [-0.05, 0) is 105 Å². The molecule has 0 unspecified atom stereocenters. The van der Waals surface area contributed by atoms with Crippen LogP contribution in [0.2, 0.25) is 0 Å². The molecule has 0 fully saturated rings. The Morgan fingerprint density at radius 2 is 1.34 bits per heavy atom. The lowest BCUT2D eigenvalue weighted by Gasteiger charge is -2.17. The van der Waals surface area contributed by atoms with Gasteiger partial charge in [0, 0.05) is 23.7 Å². The molecule has 7 aromatic carbocycles. The summed E-state index contributed by atoms with van der Waals surface area (Å²) in [5.41, 5.74) is 10.3. The van der Waals surface area contributed by atoms with Gasteiger partial charge in [0.25, 0.3) is 5.52 Å². The molecule has 0 bridgehead atoms. The van der Waals surface area contributed by atoms with E-state index in [1.807, 2.05) is 6.07 Å². The van der Waals surface area contributed by atoms with Crippen molar-refractivity contribution in [2.75, 3.05) is 6.61 Å². The molecule has 2 aromatic heterocycles. The third-order valence-corrected chi connectivity index (χ3v) is 10.2. The lowest BCUT2D eigenvalue weighted by molar-refractivity contribution is -0.672. The number of hydrogen-bond donors (Lipinski definition) is 0. The molecule has 4 heteroatoms. The summed E-state index contributed by atoms with van der Waals surface area (Å²) in [5, 5.41) is 6.20. The highest BCUT2D eigenvalue weighted by molar-refractivity contribution is 6.17. The van der Waals surface area contributed by atoms with E-state index >= 15 is 0 Å². The molecule has 0 aliphatic carbocycles. The average molecular weight is 645 g/mol. The van der Waals surface area contributed by atoms with E-state index in [1.54, 1.807) is 0 Å². The molecule has 1 aliphatic rings. The predicted octanol–water partition coefficient (Wildman–Crippen LogP) is 10.9. The molecule has 238 valence electrons. The second-order valence-electron chi connectivity index (χ2n) is 13.2. The third kappa shape index (κ3) is 4.67. The summed E-state index contributed by atoms with van der Waals surface area (Å²) in [7, 11) is 0. The summed E-state index contributed by atoms with van der Waals surface area (Å²) >= 11 is 0. The van der Waals surface area contributed by atoms with Crippen molar-refractivity contribution in [3.63, 3.8) is 0 Å². The SMILES string of the molecule is c1ccc(-n2c(-c3ccc(-c4ccc5c(-c6ccc7c8c6ccc[n+]8CCCCO7)c6ccccc6cc5c4)cc3)nc3ccccc32)cc1. The number of para-hydroxylation sites is 3. The van der Waals surface area contributed by atoms with E-state index < -0.39 is 0 Å². The fourth-order valence-corrected chi connectivity index (χ4v) is 7.87. The van der Waals surface area contributed by atoms with Crippen LogP contribution in [-0.4, -0.2) is 16.2 Å². The van der Waals surface area contributed by atoms with Crippen LogP contribution >= 0.6 is 0 Å². The molecule has 9 aromatic rings. The van der Waals surface area contributed by atoms with Crippen LogP contribution in [0.15, 0.2) is 158 Å². The van der Waals surface area contributed by atoms with Crippen molar-refractivity contribution >= 4 is 43.5 Å². The fourth-order valence-electron chi connectivity index (χ4n) is 7.87. The van der Waals surface area contributed by atoms with Gasteiger partial charge in [0.15, 0.2) is 11.9 Å². The van der Waals surface area contributed by atoms with Crippen molar-refractivity contribution in [3.05, 3.63) is 158 Å². The number of imidazole rings is 1. The van der Waals surface area contributed by atoms with Crippen molar-refractivity contribution in [2.24, 2.45) is 0 Å². The highest BCUT2D eigenvalue weighted by Crippen LogP contribution is 2.42. The molecular weight excluding hydrogens is 611 g/mol. The number of hydrogen-bond acceptors (Lipinski definition) is 2. The first-order valence-corrected chi connectivity index (χ1v) is 17.5. The van der Waals surface area contributed by atoms with Crippen LogP contribution in [0, 0.1) is 0 Å². The molecule has 50 heavy (non-hydrogen) atoms. The maximum Gasteiger partial charge on any atom is 0.255 e. The number of nitrogens with zero attached hydrogens (tertiary/aromatic N) is 3. The fraction of sp³-hybridized carbons (Fsp3) is 0.0870. The van der Waals surface area contributed by atoms with Gasteiger partial charge in [-0.15, -0.1) is 0 Å². The van der Waals surface area contributed by atoms with E-state index in [4.69, 9.17) is 9.72 Å². The van der Waals surface area contributed by atoms with Gasteiger partial charge in [-0.3, -0.25) is 4.57 Å². The van der Waals surface area contributed by atoms with Crippen LogP contribution in [0.5, 0.6) is 5.75 Å². The van der Waals surface area contributed by atoms with E-state index in [9.17, 15) is 0 Å². The van der Waals surface area contributed by atoms with Crippen LogP contribution in [0.3, 0.4) is 0 Å². The van der Waals surface area contributed by atoms with Crippen LogP contribution in [0.25, 0.3) is 82.8 Å². The molecule has 0 atom stereocenters. The van der Waals surface area contributed by atoms with Gasteiger partial charge in [0.2, 0.25) is 0 Å². The largest absolute Gasteiger partial charge is 0.487 e. The number of rotatable bonds is 4. The number of ether oxygens (including phenoxy) is 1. The normalized spacial score (nSPS) is 13.0. The van der Waals surface area contributed by atoms with Crippen LogP contribution < -0.4 is 9.30 Å². The monoisotopic (exact) mass is 644 g/mol. The Balaban J connectivity index is 1.11. The van der Waals surface area contributed by atoms with Crippen molar-refractivity contribution in [3.8, 4) is 45.1 Å². The van der Waals surface area contributed by atoms with Gasteiger partial charge in [0.1, 0.15) is 12.4 Å². The highest BCUT2D eigenvalue weighted by atomic mass is 16.5. The maximum absolute atomic E-state index is 6.29. The quantitative estimate of drug-likeness (QED) is 0.141. The zero-order valence-electron chi connectivity index (χ0n) is 27.6. The summed E-state index contributed by atoms with van der Waals surface area (Å²) in [6.45, 7) is 1.76. The minimum absolute atomic E-state index is 0.761. The lowest BCUT2D eigenvalue weighted by atomic mass is 9.88. The standard InChI is InChI=1S/C46H34N3O/c1-2-12-36(13-3-1)49-42-17-7-6-16-41(42)47-46(49)32-20-18-31(19-21-32)33-22-23-38-35(29-33)30-34-11-4-5-14-37(34)44(38)39-24-25-43-45-40(39)15-10-27-48(45)26-8-9-28-50-43/h1-7,10-25,27,29-30H,8-9,26,28H2/q+1. The molecular formula is C46H34N3O+. The van der Waals surface area contributed by atoms with Crippen LogP contribution in [0.4, 0.5) is 0 Å². The van der Waals surface area contributed by atoms with Crippen LogP contribution in [0.1, 0.15) is 12.8 Å². The summed E-state index contributed by atoms with van der Waals surface area (Å²) in [6, 6.07) is 54.6. The van der Waals surface area contributed by atoms with E-state index in [-0.39, 0.29) is 0 Å². The second kappa shape index (κ2) is 11.7. The molecule has 10 rings (SSSR count). The second-order valence-corrected chi connectivity index (χ2v) is 13.2. The zero-order chi connectivity index (χ0) is 33.0. The predicted molar refractivity (Wildman–Crippen MR) is 205 cm³/mol. The minimum Gasteiger partial charge on any atom is -0.487 e. The smallest absolute Gasteiger partial charge is 0.255 e. The van der Waals surface area contributed by atoms with Gasteiger partial charge in [-0.2, -0.15) is 4.57 Å². The number of pyridine rings is 1. The molecule has 0 saturated carbocycles. The molecule has 0 radical (unpaired) electrons. The van der Waals surface area contributed by atoms with Gasteiger partial charge in [-0.1, -0.05) is 91.0 Å². The number of benzene rings is 7. The summed E-state index contributed by atoms with van der Waals surface area (Å²) in [4.78, 5) is 5.08. The van der Waals surface area contributed by atoms with E-state index in [0.29, 0.717) is 0 Å². The Kier molecular flexibility index (Phi) is 6.73. The zero-order valence-corrected chi connectivity index (χ0v) is 27.6. The first kappa shape index (κ1) is 28.7. The minimum atomic E-state index is 0.761. The summed E-state index contributed by atoms with van der Waals surface area (Å²) in [5.74, 6) is 1.91. The van der Waals surface area contributed by atoms with Crippen LogP contribution in [-0.2, 0) is 6.54 Å². The number of aromatic nitrogens is 3. The highest BCUT2D eigenvalue weighted by Gasteiger charge is 2.22. The molecule has 0 amide bonds. The molecule has 4 nitrogen and oxygen atoms in total. The summed E-state index contributed by atoms with van der Waals surface area (Å²) < 4.78 is 10.9. The first-order valence-electron chi connectivity index (χ1n) is 17.5. The van der Waals surface area contributed by atoms with E-state index in [2.05, 4.69) is 161 Å². The molecule has 1 aliphatic heterocycles. The van der Waals surface area contributed by atoms with Gasteiger partial charge < -0.3 is 4.74 Å². The Labute approximate surface area is 290 Å². The number of aryl methyl sites for hydroxylation is 1. The van der Waals surface area contributed by atoms with Crippen molar-refractivity contribution in [1.29, 1.82) is 0 Å². The third-order valence-electron chi connectivity index (χ3n) is 10.2. The molecule has 3 heterocycles. The first-order chi connectivity index (χ1) is 24.8. The number of fused-ring (bicyclic) bond motifs is 3. The molecule has 0 N–H and O–H groups in total. The summed E-state index contributed by atoms with van der Waals surface area (Å²) in [6.07, 6.45) is 4.38. The Bertz CT molecular complexity index is 2720. The lowest BCUT2D eigenvalue weighted by Crippen LogP contribution is -2.35. The molecule has 0 saturated heterocycles. The Morgan fingerprint density at radius 3 is 2.26 bits per heavy atom. The topological polar surface area (TPSA) is 30.9 Å². The van der Waals surface area contributed by atoms with Crippen molar-refractivity contribution in [1.82, 2.24) is 9.55 Å².